The molecule has 0 aliphatic heterocycles. The average molecular weight is 443 g/mol. The summed E-state index contributed by atoms with van der Waals surface area (Å²) < 4.78 is 34.5. The first kappa shape index (κ1) is 32.1. The van der Waals surface area contributed by atoms with Crippen molar-refractivity contribution in [1.29, 1.82) is 0 Å². The molecule has 6 heteroatoms. The molecular formula is C23H47NaO4S. The van der Waals surface area contributed by atoms with Crippen LogP contribution in [0.2, 0.25) is 0 Å². The summed E-state index contributed by atoms with van der Waals surface area (Å²) in [7, 11) is -4.15. The van der Waals surface area contributed by atoms with Crippen LogP contribution in [0, 0.1) is 0 Å². The Bertz CT molecular complexity index is 427. The van der Waals surface area contributed by atoms with Crippen molar-refractivity contribution in [2.45, 2.75) is 147 Å². The Hall–Kier alpha value is 0.870. The molecule has 0 rings (SSSR count). The molecule has 0 radical (unpaired) electrons. The van der Waals surface area contributed by atoms with Crippen molar-refractivity contribution < 1.29 is 47.6 Å². The maximum atomic E-state index is 11.5. The molecule has 0 aliphatic carbocycles. The maximum Gasteiger partial charge on any atom is 1.00 e. The second-order valence-electron chi connectivity index (χ2n) is 8.63. The van der Waals surface area contributed by atoms with E-state index in [-0.39, 0.29) is 35.7 Å². The van der Waals surface area contributed by atoms with Gasteiger partial charge in [0.2, 0.25) is 0 Å². The molecule has 0 saturated carbocycles. The summed E-state index contributed by atoms with van der Waals surface area (Å²) in [6, 6.07) is 0. The number of rotatable bonds is 21. The molecule has 0 aromatic carbocycles. The maximum absolute atomic E-state index is 11.5. The molecule has 0 aromatic heterocycles. The molecular weight excluding hydrogens is 395 g/mol. The van der Waals surface area contributed by atoms with Crippen LogP contribution in [0.5, 0.6) is 0 Å². The van der Waals surface area contributed by atoms with Crippen LogP contribution in [0.3, 0.4) is 0 Å². The Morgan fingerprint density at radius 2 is 0.966 bits per heavy atom. The molecule has 0 heterocycles. The van der Waals surface area contributed by atoms with E-state index in [2.05, 4.69) is 6.92 Å². The van der Waals surface area contributed by atoms with Gasteiger partial charge in [-0.3, -0.25) is 0 Å². The summed E-state index contributed by atoms with van der Waals surface area (Å²) >= 11 is 0. The fourth-order valence-electron chi connectivity index (χ4n) is 3.81. The van der Waals surface area contributed by atoms with Crippen LogP contribution in [-0.4, -0.2) is 29.4 Å². The summed E-state index contributed by atoms with van der Waals surface area (Å²) in [6.07, 6.45) is 20.2. The van der Waals surface area contributed by atoms with Crippen LogP contribution in [0.4, 0.5) is 0 Å². The smallest absolute Gasteiger partial charge is 0.748 e. The molecule has 2 unspecified atom stereocenters. The first-order chi connectivity index (χ1) is 13.4. The molecule has 4 nitrogen and oxygen atoms in total. The zero-order valence-corrected chi connectivity index (χ0v) is 22.5. The summed E-state index contributed by atoms with van der Waals surface area (Å²) in [5.74, 6) is 0. The number of hydrogen-bond acceptors (Lipinski definition) is 4. The molecule has 1 N–H and O–H groups in total. The third-order valence-corrected chi connectivity index (χ3v) is 6.97. The first-order valence-corrected chi connectivity index (χ1v) is 13.5. The topological polar surface area (TPSA) is 77.4 Å². The molecule has 0 aliphatic rings. The van der Waals surface area contributed by atoms with Crippen LogP contribution in [-0.2, 0) is 10.1 Å². The summed E-state index contributed by atoms with van der Waals surface area (Å²) in [4.78, 5) is 0. The van der Waals surface area contributed by atoms with Gasteiger partial charge in [0.1, 0.15) is 0 Å². The van der Waals surface area contributed by atoms with Crippen molar-refractivity contribution in [1.82, 2.24) is 0 Å². The van der Waals surface area contributed by atoms with E-state index < -0.39 is 15.4 Å². The summed E-state index contributed by atoms with van der Waals surface area (Å²) in [5, 5.41) is 8.54. The average Bonchev–Trinajstić information content (AvgIpc) is 2.62. The Morgan fingerprint density at radius 3 is 1.28 bits per heavy atom. The fraction of sp³-hybridized carbons (Fsp3) is 1.00. The fourth-order valence-corrected chi connectivity index (χ4v) is 4.72. The van der Waals surface area contributed by atoms with Crippen LogP contribution in [0.1, 0.15) is 136 Å². The Balaban J connectivity index is 0. The van der Waals surface area contributed by atoms with Gasteiger partial charge in [-0.15, -0.1) is 0 Å². The Morgan fingerprint density at radius 1 is 0.655 bits per heavy atom. The van der Waals surface area contributed by atoms with E-state index >= 15 is 0 Å². The second-order valence-corrected chi connectivity index (χ2v) is 10.3. The van der Waals surface area contributed by atoms with Gasteiger partial charge in [-0.25, -0.2) is 8.42 Å². The predicted molar refractivity (Wildman–Crippen MR) is 119 cm³/mol. The van der Waals surface area contributed by atoms with Gasteiger partial charge in [-0.05, 0) is 26.2 Å². The normalized spacial score (nSPS) is 13.8. The van der Waals surface area contributed by atoms with E-state index in [4.69, 9.17) is 0 Å². The third-order valence-electron chi connectivity index (χ3n) is 5.69. The minimum Gasteiger partial charge on any atom is -0.748 e. The number of unbranched alkanes of at least 4 members (excludes halogenated alkanes) is 14. The van der Waals surface area contributed by atoms with Gasteiger partial charge < -0.3 is 9.66 Å². The molecule has 29 heavy (non-hydrogen) atoms. The van der Waals surface area contributed by atoms with Crippen LogP contribution in [0.15, 0.2) is 0 Å². The van der Waals surface area contributed by atoms with E-state index in [1.165, 1.54) is 57.8 Å². The molecule has 2 atom stereocenters. The van der Waals surface area contributed by atoms with Crippen molar-refractivity contribution >= 4 is 10.1 Å². The third kappa shape index (κ3) is 23.4. The predicted octanol–water partition coefficient (Wildman–Crippen LogP) is 3.72. The molecule has 0 amide bonds. The number of aliphatic hydroxyl groups is 1. The quantitative estimate of drug-likeness (QED) is 0.167. The van der Waals surface area contributed by atoms with Gasteiger partial charge >= 0.3 is 29.6 Å². The van der Waals surface area contributed by atoms with E-state index in [1.807, 2.05) is 6.92 Å². The van der Waals surface area contributed by atoms with E-state index in [0.29, 0.717) is 12.8 Å². The largest absolute Gasteiger partial charge is 1.00 e. The van der Waals surface area contributed by atoms with Crippen LogP contribution in [0.25, 0.3) is 0 Å². The van der Waals surface area contributed by atoms with E-state index in [9.17, 15) is 18.1 Å². The molecule has 0 spiro atoms. The Kier molecular flexibility index (Phi) is 24.4. The van der Waals surface area contributed by atoms with Gasteiger partial charge in [0, 0.05) is 5.25 Å². The molecule has 0 aromatic rings. The minimum absolute atomic E-state index is 0. The van der Waals surface area contributed by atoms with Gasteiger partial charge in [-0.2, -0.15) is 0 Å². The van der Waals surface area contributed by atoms with Gasteiger partial charge in [0.05, 0.1) is 16.2 Å². The van der Waals surface area contributed by atoms with Crippen molar-refractivity contribution in [2.24, 2.45) is 0 Å². The van der Waals surface area contributed by atoms with Crippen molar-refractivity contribution in [3.05, 3.63) is 0 Å². The van der Waals surface area contributed by atoms with E-state index in [1.54, 1.807) is 0 Å². The van der Waals surface area contributed by atoms with E-state index in [0.717, 1.165) is 51.4 Å². The Labute approximate surface area is 204 Å². The van der Waals surface area contributed by atoms with Crippen molar-refractivity contribution in [3.63, 3.8) is 0 Å². The molecule has 0 bridgehead atoms. The molecule has 0 saturated heterocycles. The second kappa shape index (κ2) is 22.1. The number of hydrogen-bond donors (Lipinski definition) is 1. The van der Waals surface area contributed by atoms with Gasteiger partial charge in [-0.1, -0.05) is 110 Å². The van der Waals surface area contributed by atoms with Crippen LogP contribution < -0.4 is 29.6 Å². The van der Waals surface area contributed by atoms with Crippen molar-refractivity contribution in [3.8, 4) is 0 Å². The molecule has 170 valence electrons. The zero-order chi connectivity index (χ0) is 21.1. The summed E-state index contributed by atoms with van der Waals surface area (Å²) in [6.45, 7) is 4.04. The van der Waals surface area contributed by atoms with Gasteiger partial charge in [0.15, 0.2) is 0 Å². The molecule has 0 fully saturated rings. The zero-order valence-electron chi connectivity index (χ0n) is 19.7. The SMILES string of the molecule is CCCCCCCCCC(CCCCCCCCCCCC(C)O)S(=O)(=O)[O-].[Na+]. The monoisotopic (exact) mass is 442 g/mol. The first-order valence-electron chi connectivity index (χ1n) is 12.0. The minimum atomic E-state index is -4.15. The number of aliphatic hydroxyl groups excluding tert-OH is 1. The van der Waals surface area contributed by atoms with Gasteiger partial charge in [0.25, 0.3) is 0 Å². The van der Waals surface area contributed by atoms with Crippen LogP contribution >= 0.6 is 0 Å². The summed E-state index contributed by atoms with van der Waals surface area (Å²) in [5.41, 5.74) is 0. The van der Waals surface area contributed by atoms with Crippen molar-refractivity contribution in [2.75, 3.05) is 0 Å². The standard InChI is InChI=1S/C23H48O4S.Na/c1-3-4-5-6-10-14-17-20-23(28(25,26)27)21-18-15-12-9-7-8-11-13-16-19-22(2)24;/h22-24H,3-21H2,1-2H3,(H,25,26,27);/q;+1/p-1.